The molecular weight excluding hydrogens is 298 g/mol. The van der Waals surface area contributed by atoms with Crippen LogP contribution in [-0.4, -0.2) is 53.6 Å². The standard InChI is InChI=1S/C20H29N3O/c24-20(23-18-7-4-8-19(23)10-9-18)21-17-12-14-22(15-17)13-11-16-5-2-1-3-6-16/h1-3,5-6,17-19H,4,7-15H2,(H,21,24). The second-order valence-electron chi connectivity index (χ2n) is 7.69. The number of amides is 2. The second-order valence-corrected chi connectivity index (χ2v) is 7.69. The monoisotopic (exact) mass is 327 g/mol. The van der Waals surface area contributed by atoms with Crippen LogP contribution in [0.4, 0.5) is 4.79 Å². The summed E-state index contributed by atoms with van der Waals surface area (Å²) in [5.74, 6) is 0. The molecule has 130 valence electrons. The number of rotatable bonds is 4. The Morgan fingerprint density at radius 2 is 1.79 bits per heavy atom. The smallest absolute Gasteiger partial charge is 0.318 e. The van der Waals surface area contributed by atoms with E-state index in [0.29, 0.717) is 18.1 Å². The van der Waals surface area contributed by atoms with Gasteiger partial charge in [0.2, 0.25) is 0 Å². The molecule has 3 heterocycles. The van der Waals surface area contributed by atoms with Crippen molar-refractivity contribution in [1.29, 1.82) is 0 Å². The fraction of sp³-hybridized carbons (Fsp3) is 0.650. The van der Waals surface area contributed by atoms with Crippen molar-refractivity contribution in [3.63, 3.8) is 0 Å². The van der Waals surface area contributed by atoms with E-state index >= 15 is 0 Å². The Labute approximate surface area is 145 Å². The summed E-state index contributed by atoms with van der Waals surface area (Å²) >= 11 is 0. The van der Waals surface area contributed by atoms with Gasteiger partial charge in [0, 0.05) is 37.8 Å². The first kappa shape index (κ1) is 15.9. The maximum Gasteiger partial charge on any atom is 0.318 e. The molecule has 3 fully saturated rings. The largest absolute Gasteiger partial charge is 0.334 e. The van der Waals surface area contributed by atoms with Crippen molar-refractivity contribution >= 4 is 6.03 Å². The third kappa shape index (κ3) is 3.44. The average Bonchev–Trinajstić information content (AvgIpc) is 3.15. The van der Waals surface area contributed by atoms with E-state index in [1.807, 2.05) is 0 Å². The summed E-state index contributed by atoms with van der Waals surface area (Å²) in [6, 6.07) is 12.2. The van der Waals surface area contributed by atoms with E-state index in [4.69, 9.17) is 0 Å². The molecule has 24 heavy (non-hydrogen) atoms. The van der Waals surface area contributed by atoms with Crippen LogP contribution < -0.4 is 5.32 Å². The van der Waals surface area contributed by atoms with E-state index < -0.39 is 0 Å². The molecular formula is C20H29N3O. The van der Waals surface area contributed by atoms with E-state index in [-0.39, 0.29) is 6.03 Å². The number of urea groups is 1. The number of carbonyl (C=O) groups is 1. The van der Waals surface area contributed by atoms with Crippen molar-refractivity contribution in [2.75, 3.05) is 19.6 Å². The molecule has 1 N–H and O–H groups in total. The molecule has 0 aromatic heterocycles. The molecule has 3 unspecified atom stereocenters. The minimum absolute atomic E-state index is 0.206. The maximum absolute atomic E-state index is 12.7. The third-order valence-electron chi connectivity index (χ3n) is 6.09. The van der Waals surface area contributed by atoms with Crippen molar-refractivity contribution in [2.45, 2.75) is 63.1 Å². The number of carbonyl (C=O) groups excluding carboxylic acids is 1. The van der Waals surface area contributed by atoms with Crippen LogP contribution in [0.25, 0.3) is 0 Å². The first-order valence-electron chi connectivity index (χ1n) is 9.65. The van der Waals surface area contributed by atoms with Gasteiger partial charge in [-0.05, 0) is 50.5 Å². The van der Waals surface area contributed by atoms with Gasteiger partial charge < -0.3 is 15.1 Å². The molecule has 2 bridgehead atoms. The molecule has 0 saturated carbocycles. The van der Waals surface area contributed by atoms with Gasteiger partial charge >= 0.3 is 6.03 Å². The van der Waals surface area contributed by atoms with Gasteiger partial charge in [0.25, 0.3) is 0 Å². The van der Waals surface area contributed by atoms with E-state index in [0.717, 1.165) is 32.5 Å². The molecule has 4 rings (SSSR count). The molecule has 3 aliphatic rings. The van der Waals surface area contributed by atoms with Crippen molar-refractivity contribution < 1.29 is 4.79 Å². The third-order valence-corrected chi connectivity index (χ3v) is 6.09. The lowest BCUT2D eigenvalue weighted by atomic mass is 10.0. The van der Waals surface area contributed by atoms with E-state index in [1.54, 1.807) is 0 Å². The van der Waals surface area contributed by atoms with Gasteiger partial charge in [-0.3, -0.25) is 0 Å². The number of piperidine rings is 1. The van der Waals surface area contributed by atoms with Crippen LogP contribution >= 0.6 is 0 Å². The number of hydrogen-bond donors (Lipinski definition) is 1. The van der Waals surface area contributed by atoms with Crippen molar-refractivity contribution in [2.24, 2.45) is 0 Å². The SMILES string of the molecule is O=C(NC1CCN(CCc2ccccc2)C1)N1C2CCCC1CC2. The molecule has 1 aromatic carbocycles. The highest BCUT2D eigenvalue weighted by Crippen LogP contribution is 2.35. The van der Waals surface area contributed by atoms with Crippen LogP contribution in [0.1, 0.15) is 44.1 Å². The number of hydrogen-bond acceptors (Lipinski definition) is 2. The molecule has 3 atom stereocenters. The quantitative estimate of drug-likeness (QED) is 0.923. The number of benzene rings is 1. The predicted octanol–water partition coefficient (Wildman–Crippen LogP) is 3.03. The molecule has 1 aromatic rings. The van der Waals surface area contributed by atoms with Gasteiger partial charge in [0.05, 0.1) is 0 Å². The topological polar surface area (TPSA) is 35.6 Å². The zero-order valence-corrected chi connectivity index (χ0v) is 14.5. The fourth-order valence-electron chi connectivity index (χ4n) is 4.78. The Hall–Kier alpha value is -1.55. The maximum atomic E-state index is 12.7. The summed E-state index contributed by atoms with van der Waals surface area (Å²) in [6.07, 6.45) is 8.32. The average molecular weight is 327 g/mol. The lowest BCUT2D eigenvalue weighted by Crippen LogP contribution is -2.52. The van der Waals surface area contributed by atoms with Gasteiger partial charge in [0.15, 0.2) is 0 Å². The summed E-state index contributed by atoms with van der Waals surface area (Å²) in [6.45, 7) is 3.19. The molecule has 3 saturated heterocycles. The predicted molar refractivity (Wildman–Crippen MR) is 96.0 cm³/mol. The summed E-state index contributed by atoms with van der Waals surface area (Å²) < 4.78 is 0. The fourth-order valence-corrected chi connectivity index (χ4v) is 4.78. The Morgan fingerprint density at radius 1 is 1.04 bits per heavy atom. The number of fused-ring (bicyclic) bond motifs is 2. The molecule has 4 heteroatoms. The Balaban J connectivity index is 1.24. The minimum Gasteiger partial charge on any atom is -0.334 e. The van der Waals surface area contributed by atoms with E-state index in [9.17, 15) is 4.79 Å². The van der Waals surface area contributed by atoms with Crippen molar-refractivity contribution in [3.05, 3.63) is 35.9 Å². The Kier molecular flexibility index (Phi) is 4.74. The highest BCUT2D eigenvalue weighted by Gasteiger charge is 2.40. The van der Waals surface area contributed by atoms with Gasteiger partial charge in [-0.25, -0.2) is 4.79 Å². The molecule has 4 nitrogen and oxygen atoms in total. The van der Waals surface area contributed by atoms with Crippen LogP contribution in [-0.2, 0) is 6.42 Å². The van der Waals surface area contributed by atoms with Gasteiger partial charge in [0.1, 0.15) is 0 Å². The van der Waals surface area contributed by atoms with Crippen LogP contribution in [0.2, 0.25) is 0 Å². The first-order valence-corrected chi connectivity index (χ1v) is 9.65. The highest BCUT2D eigenvalue weighted by atomic mass is 16.2. The summed E-state index contributed by atoms with van der Waals surface area (Å²) in [5, 5.41) is 3.32. The summed E-state index contributed by atoms with van der Waals surface area (Å²) in [5.41, 5.74) is 1.40. The van der Waals surface area contributed by atoms with Crippen LogP contribution in [0.5, 0.6) is 0 Å². The minimum atomic E-state index is 0.206. The molecule has 0 aliphatic carbocycles. The molecule has 0 radical (unpaired) electrons. The zero-order chi connectivity index (χ0) is 16.4. The second kappa shape index (κ2) is 7.14. The lowest BCUT2D eigenvalue weighted by molar-refractivity contribution is 0.144. The first-order chi connectivity index (χ1) is 11.8. The van der Waals surface area contributed by atoms with Gasteiger partial charge in [-0.2, -0.15) is 0 Å². The van der Waals surface area contributed by atoms with E-state index in [2.05, 4.69) is 45.4 Å². The lowest BCUT2D eigenvalue weighted by Gasteiger charge is -2.35. The number of nitrogens with zero attached hydrogens (tertiary/aromatic N) is 2. The van der Waals surface area contributed by atoms with Crippen molar-refractivity contribution in [3.8, 4) is 0 Å². The highest BCUT2D eigenvalue weighted by molar-refractivity contribution is 5.75. The summed E-state index contributed by atoms with van der Waals surface area (Å²) in [7, 11) is 0. The normalized spacial score (nSPS) is 29.8. The summed E-state index contributed by atoms with van der Waals surface area (Å²) in [4.78, 5) is 17.4. The number of nitrogens with one attached hydrogen (secondary N) is 1. The van der Waals surface area contributed by atoms with E-state index in [1.165, 1.54) is 37.7 Å². The Bertz CT molecular complexity index is 545. The van der Waals surface area contributed by atoms with Crippen LogP contribution in [0.15, 0.2) is 30.3 Å². The molecule has 3 aliphatic heterocycles. The van der Waals surface area contributed by atoms with Crippen molar-refractivity contribution in [1.82, 2.24) is 15.1 Å². The van der Waals surface area contributed by atoms with Crippen LogP contribution in [0.3, 0.4) is 0 Å². The number of likely N-dealkylation sites (tertiary alicyclic amines) is 1. The van der Waals surface area contributed by atoms with Gasteiger partial charge in [-0.15, -0.1) is 0 Å². The molecule has 0 spiro atoms. The molecule has 2 amide bonds. The van der Waals surface area contributed by atoms with Crippen LogP contribution in [0, 0.1) is 0 Å². The van der Waals surface area contributed by atoms with Gasteiger partial charge in [-0.1, -0.05) is 30.3 Å². The Morgan fingerprint density at radius 3 is 2.54 bits per heavy atom. The zero-order valence-electron chi connectivity index (χ0n) is 14.5.